The van der Waals surface area contributed by atoms with Gasteiger partial charge in [-0.25, -0.2) is 0 Å². The number of phenols is 1. The van der Waals surface area contributed by atoms with Gasteiger partial charge in [-0.05, 0) is 12.1 Å². The summed E-state index contributed by atoms with van der Waals surface area (Å²) in [6, 6.07) is 6.32. The van der Waals surface area contributed by atoms with Gasteiger partial charge in [0.1, 0.15) is 5.75 Å². The summed E-state index contributed by atoms with van der Waals surface area (Å²) in [5.74, 6) is -0.374. The smallest absolute Gasteiger partial charge is 0.167 e. The van der Waals surface area contributed by atoms with E-state index in [1.807, 2.05) is 0 Å². The van der Waals surface area contributed by atoms with Gasteiger partial charge >= 0.3 is 0 Å². The van der Waals surface area contributed by atoms with Crippen LogP contribution in [-0.4, -0.2) is 10.9 Å². The molecule has 0 unspecified atom stereocenters. The summed E-state index contributed by atoms with van der Waals surface area (Å²) in [7, 11) is 0. The van der Waals surface area contributed by atoms with E-state index >= 15 is 0 Å². The van der Waals surface area contributed by atoms with Gasteiger partial charge in [-0.1, -0.05) is 12.1 Å². The second-order valence-electron chi connectivity index (χ2n) is 1.94. The van der Waals surface area contributed by atoms with Gasteiger partial charge in [0.05, 0.1) is 5.56 Å². The topological polar surface area (TPSA) is 37.3 Å². The normalized spacial score (nSPS) is 9.30. The van der Waals surface area contributed by atoms with Crippen LogP contribution in [0.3, 0.4) is 0 Å². The molecule has 1 radical (unpaired) electrons. The summed E-state index contributed by atoms with van der Waals surface area (Å²) < 4.78 is 0. The van der Waals surface area contributed by atoms with E-state index in [1.54, 1.807) is 12.1 Å². The van der Waals surface area contributed by atoms with Crippen molar-refractivity contribution >= 4 is 5.78 Å². The van der Waals surface area contributed by atoms with E-state index in [2.05, 4.69) is 6.92 Å². The highest BCUT2D eigenvalue weighted by Crippen LogP contribution is 2.14. The summed E-state index contributed by atoms with van der Waals surface area (Å²) in [5.41, 5.74) is 0.266. The van der Waals surface area contributed by atoms with Crippen LogP contribution in [0.15, 0.2) is 24.3 Å². The first-order valence-corrected chi connectivity index (χ1v) is 2.86. The Bertz CT molecular complexity index is 253. The maximum absolute atomic E-state index is 10.6. The van der Waals surface area contributed by atoms with E-state index in [0.717, 1.165) is 0 Å². The van der Waals surface area contributed by atoms with Gasteiger partial charge in [-0.15, -0.1) is 0 Å². The van der Waals surface area contributed by atoms with Crippen molar-refractivity contribution in [2.24, 2.45) is 0 Å². The number of carbonyl (C=O) groups excluding carboxylic acids is 1. The zero-order chi connectivity index (χ0) is 7.56. The van der Waals surface area contributed by atoms with Crippen LogP contribution in [0.5, 0.6) is 5.75 Å². The molecule has 0 saturated carbocycles. The first-order chi connectivity index (χ1) is 4.72. The molecule has 1 rings (SSSR count). The van der Waals surface area contributed by atoms with Gasteiger partial charge in [0, 0.05) is 6.92 Å². The number of benzene rings is 1. The Morgan fingerprint density at radius 1 is 1.40 bits per heavy atom. The van der Waals surface area contributed by atoms with Crippen molar-refractivity contribution < 1.29 is 9.90 Å². The highest BCUT2D eigenvalue weighted by Gasteiger charge is 2.02. The van der Waals surface area contributed by atoms with E-state index in [0.29, 0.717) is 0 Å². The van der Waals surface area contributed by atoms with E-state index in [4.69, 9.17) is 5.11 Å². The number of hydrogen-bond acceptors (Lipinski definition) is 2. The van der Waals surface area contributed by atoms with Crippen LogP contribution < -0.4 is 0 Å². The number of rotatable bonds is 1. The van der Waals surface area contributed by atoms with E-state index in [1.165, 1.54) is 12.1 Å². The lowest BCUT2D eigenvalue weighted by Gasteiger charge is -1.96. The van der Waals surface area contributed by atoms with Crippen molar-refractivity contribution in [2.45, 2.75) is 0 Å². The molecule has 1 aromatic rings. The molecule has 51 valence electrons. The number of aromatic hydroxyl groups is 1. The van der Waals surface area contributed by atoms with Crippen molar-refractivity contribution in [1.29, 1.82) is 0 Å². The number of ketones is 1. The summed E-state index contributed by atoms with van der Waals surface area (Å²) >= 11 is 0. The fraction of sp³-hybridized carbons (Fsp3) is 0. The quantitative estimate of drug-likeness (QED) is 0.591. The van der Waals surface area contributed by atoms with Crippen molar-refractivity contribution in [3.8, 4) is 5.75 Å². The molecule has 0 spiro atoms. The number of hydrogen-bond donors (Lipinski definition) is 1. The van der Waals surface area contributed by atoms with Crippen LogP contribution >= 0.6 is 0 Å². The van der Waals surface area contributed by atoms with E-state index < -0.39 is 0 Å². The summed E-state index contributed by atoms with van der Waals surface area (Å²) in [6.45, 7) is 3.17. The molecule has 0 atom stereocenters. The molecule has 1 N–H and O–H groups in total. The zero-order valence-electron chi connectivity index (χ0n) is 5.37. The lowest BCUT2D eigenvalue weighted by atomic mass is 10.1. The van der Waals surface area contributed by atoms with Crippen LogP contribution in [0.25, 0.3) is 0 Å². The third-order valence-electron chi connectivity index (χ3n) is 1.20. The highest BCUT2D eigenvalue weighted by molar-refractivity contribution is 6.01. The minimum atomic E-state index is -0.363. The standard InChI is InChI=1S/C8H7O2/c1-6(9)7-4-2-3-5-8(7)10/h2-5,10H,1H2. The zero-order valence-corrected chi connectivity index (χ0v) is 5.37. The van der Waals surface area contributed by atoms with Crippen LogP contribution in [-0.2, 0) is 0 Å². The lowest BCUT2D eigenvalue weighted by Crippen LogP contribution is -1.91. The van der Waals surface area contributed by atoms with Crippen molar-refractivity contribution in [3.63, 3.8) is 0 Å². The predicted molar refractivity (Wildman–Crippen MR) is 37.8 cm³/mol. The Labute approximate surface area is 59.1 Å². The van der Waals surface area contributed by atoms with Gasteiger partial charge in [0.25, 0.3) is 0 Å². The first-order valence-electron chi connectivity index (χ1n) is 2.86. The molecule has 0 aliphatic heterocycles. The van der Waals surface area contributed by atoms with E-state index in [-0.39, 0.29) is 17.1 Å². The highest BCUT2D eigenvalue weighted by atomic mass is 16.3. The van der Waals surface area contributed by atoms with Gasteiger partial charge in [-0.3, -0.25) is 4.79 Å². The summed E-state index contributed by atoms with van der Waals surface area (Å²) in [5, 5.41) is 9.02. The molecule has 1 aromatic carbocycles. The van der Waals surface area contributed by atoms with Crippen LogP contribution in [0.4, 0.5) is 0 Å². The molecular formula is C8H7O2. The molecule has 2 nitrogen and oxygen atoms in total. The van der Waals surface area contributed by atoms with Gasteiger partial charge in [0.15, 0.2) is 5.78 Å². The number of para-hydroxylation sites is 1. The molecule has 0 aliphatic carbocycles. The average Bonchev–Trinajstić information content (AvgIpc) is 1.88. The largest absolute Gasteiger partial charge is 0.507 e. The lowest BCUT2D eigenvalue weighted by molar-refractivity contribution is 0.104. The minimum Gasteiger partial charge on any atom is -0.507 e. The van der Waals surface area contributed by atoms with Crippen LogP contribution in [0, 0.1) is 6.92 Å². The fourth-order valence-electron chi connectivity index (χ4n) is 0.709. The molecule has 0 saturated heterocycles. The second kappa shape index (κ2) is 2.52. The fourth-order valence-corrected chi connectivity index (χ4v) is 0.709. The molecule has 0 aromatic heterocycles. The second-order valence-corrected chi connectivity index (χ2v) is 1.94. The molecule has 0 aliphatic rings. The maximum Gasteiger partial charge on any atom is 0.167 e. The van der Waals surface area contributed by atoms with Crippen LogP contribution in [0.2, 0.25) is 0 Å². The Hall–Kier alpha value is -1.31. The molecule has 0 fully saturated rings. The van der Waals surface area contributed by atoms with E-state index in [9.17, 15) is 4.79 Å². The van der Waals surface area contributed by atoms with Crippen molar-refractivity contribution in [1.82, 2.24) is 0 Å². The van der Waals surface area contributed by atoms with Crippen molar-refractivity contribution in [2.75, 3.05) is 0 Å². The summed E-state index contributed by atoms with van der Waals surface area (Å²) in [4.78, 5) is 10.6. The molecule has 10 heavy (non-hydrogen) atoms. The predicted octanol–water partition coefficient (Wildman–Crippen LogP) is 1.41. The Kier molecular flexibility index (Phi) is 1.71. The van der Waals surface area contributed by atoms with Crippen molar-refractivity contribution in [3.05, 3.63) is 36.8 Å². The van der Waals surface area contributed by atoms with Gasteiger partial charge in [-0.2, -0.15) is 0 Å². The third kappa shape index (κ3) is 1.16. The number of Topliss-reactive ketones (excluding diaryl/α,β-unsaturated/α-hetero) is 1. The third-order valence-corrected chi connectivity index (χ3v) is 1.20. The van der Waals surface area contributed by atoms with Crippen LogP contribution in [0.1, 0.15) is 10.4 Å². The minimum absolute atomic E-state index is 0.0116. The molecule has 0 bridgehead atoms. The SMILES string of the molecule is [CH2]C(=O)c1ccccc1O. The average molecular weight is 135 g/mol. The maximum atomic E-state index is 10.6. The number of phenolic OH excluding ortho intramolecular Hbond substituents is 1. The van der Waals surface area contributed by atoms with Gasteiger partial charge in [0.2, 0.25) is 0 Å². The Morgan fingerprint density at radius 3 is 2.40 bits per heavy atom. The monoisotopic (exact) mass is 135 g/mol. The molecule has 0 heterocycles. The Balaban J connectivity index is 3.15. The Morgan fingerprint density at radius 2 is 2.00 bits per heavy atom. The molecular weight excluding hydrogens is 128 g/mol. The number of carbonyl (C=O) groups is 1. The molecule has 0 amide bonds. The molecule has 2 heteroatoms. The van der Waals surface area contributed by atoms with Gasteiger partial charge < -0.3 is 5.11 Å². The first kappa shape index (κ1) is 6.81. The summed E-state index contributed by atoms with van der Waals surface area (Å²) in [6.07, 6.45) is 0.